The lowest BCUT2D eigenvalue weighted by Crippen LogP contribution is -2.42. The van der Waals surface area contributed by atoms with E-state index in [-0.39, 0.29) is 17.9 Å². The molecule has 7 nitrogen and oxygen atoms in total. The van der Waals surface area contributed by atoms with Gasteiger partial charge in [-0.1, -0.05) is 19.0 Å². The Balaban J connectivity index is 1.52. The predicted octanol–water partition coefficient (Wildman–Crippen LogP) is 2.50. The largest absolute Gasteiger partial charge is 0.459 e. The number of likely N-dealkylation sites (tertiary alicyclic amines) is 1. The summed E-state index contributed by atoms with van der Waals surface area (Å²) < 4.78 is 10.4. The molecule has 0 radical (unpaired) electrons. The summed E-state index contributed by atoms with van der Waals surface area (Å²) in [4.78, 5) is 18.3. The molecule has 1 fully saturated rings. The van der Waals surface area contributed by atoms with Gasteiger partial charge in [0.2, 0.25) is 0 Å². The molecular formula is C15H20N4O3. The molecule has 0 atom stereocenters. The van der Waals surface area contributed by atoms with Gasteiger partial charge in [0.25, 0.3) is 5.91 Å². The minimum Gasteiger partial charge on any atom is -0.459 e. The summed E-state index contributed by atoms with van der Waals surface area (Å²) in [6.45, 7) is 5.41. The maximum atomic E-state index is 12.2. The van der Waals surface area contributed by atoms with Crippen LogP contribution in [0.3, 0.4) is 0 Å². The van der Waals surface area contributed by atoms with E-state index in [1.165, 1.54) is 6.26 Å². The first kappa shape index (κ1) is 14.6. The molecule has 1 aliphatic heterocycles. The van der Waals surface area contributed by atoms with Crippen molar-refractivity contribution in [3.05, 3.63) is 30.0 Å². The van der Waals surface area contributed by atoms with E-state index in [1.807, 2.05) is 18.7 Å². The predicted molar refractivity (Wildman–Crippen MR) is 79.6 cm³/mol. The van der Waals surface area contributed by atoms with E-state index < -0.39 is 0 Å². The van der Waals surface area contributed by atoms with Crippen LogP contribution in [0.4, 0.5) is 6.01 Å². The molecule has 3 rings (SSSR count). The topological polar surface area (TPSA) is 84.4 Å². The Kier molecular flexibility index (Phi) is 4.13. The number of carbonyl (C=O) groups is 1. The van der Waals surface area contributed by atoms with Crippen LogP contribution in [-0.4, -0.2) is 40.1 Å². The zero-order chi connectivity index (χ0) is 15.5. The number of hydrogen-bond donors (Lipinski definition) is 1. The van der Waals surface area contributed by atoms with E-state index in [1.54, 1.807) is 12.1 Å². The third-order valence-corrected chi connectivity index (χ3v) is 3.80. The number of amides is 1. The van der Waals surface area contributed by atoms with Gasteiger partial charge in [-0.3, -0.25) is 4.79 Å². The maximum Gasteiger partial charge on any atom is 0.321 e. The van der Waals surface area contributed by atoms with Gasteiger partial charge in [0, 0.05) is 25.0 Å². The number of anilines is 1. The summed E-state index contributed by atoms with van der Waals surface area (Å²) in [6, 6.07) is 4.11. The van der Waals surface area contributed by atoms with Gasteiger partial charge in [-0.05, 0) is 25.0 Å². The van der Waals surface area contributed by atoms with Crippen LogP contribution in [0, 0.1) is 0 Å². The average molecular weight is 304 g/mol. The molecule has 0 spiro atoms. The molecule has 7 heteroatoms. The van der Waals surface area contributed by atoms with Crippen molar-refractivity contribution in [2.45, 2.75) is 38.6 Å². The van der Waals surface area contributed by atoms with Crippen molar-refractivity contribution in [1.29, 1.82) is 0 Å². The Hall–Kier alpha value is -2.31. The molecule has 0 aromatic carbocycles. The van der Waals surface area contributed by atoms with Crippen LogP contribution in [0.25, 0.3) is 0 Å². The summed E-state index contributed by atoms with van der Waals surface area (Å²) in [7, 11) is 0. The highest BCUT2D eigenvalue weighted by atomic mass is 16.5. The van der Waals surface area contributed by atoms with Crippen molar-refractivity contribution in [1.82, 2.24) is 15.0 Å². The van der Waals surface area contributed by atoms with Crippen molar-refractivity contribution >= 4 is 11.9 Å². The van der Waals surface area contributed by atoms with Crippen LogP contribution in [-0.2, 0) is 0 Å². The fraction of sp³-hybridized carbons (Fsp3) is 0.533. The Morgan fingerprint density at radius 2 is 2.18 bits per heavy atom. The Bertz CT molecular complexity index is 613. The fourth-order valence-corrected chi connectivity index (χ4v) is 2.49. The van der Waals surface area contributed by atoms with Crippen LogP contribution in [0.2, 0.25) is 0 Å². The molecule has 22 heavy (non-hydrogen) atoms. The van der Waals surface area contributed by atoms with Crippen LogP contribution in [0.1, 0.15) is 49.0 Å². The quantitative estimate of drug-likeness (QED) is 0.934. The van der Waals surface area contributed by atoms with Gasteiger partial charge in [-0.25, -0.2) is 0 Å². The second-order valence-corrected chi connectivity index (χ2v) is 5.80. The first-order valence-corrected chi connectivity index (χ1v) is 7.56. The Morgan fingerprint density at radius 3 is 2.77 bits per heavy atom. The van der Waals surface area contributed by atoms with E-state index in [2.05, 4.69) is 15.5 Å². The number of furan rings is 1. The third kappa shape index (κ3) is 3.13. The van der Waals surface area contributed by atoms with Gasteiger partial charge < -0.3 is 19.2 Å². The van der Waals surface area contributed by atoms with Crippen LogP contribution >= 0.6 is 0 Å². The maximum absolute atomic E-state index is 12.2. The number of aromatic nitrogens is 2. The second kappa shape index (κ2) is 6.21. The van der Waals surface area contributed by atoms with E-state index in [0.29, 0.717) is 30.7 Å². The van der Waals surface area contributed by atoms with Gasteiger partial charge in [0.15, 0.2) is 11.6 Å². The van der Waals surface area contributed by atoms with Crippen molar-refractivity contribution in [3.63, 3.8) is 0 Å². The van der Waals surface area contributed by atoms with Crippen molar-refractivity contribution in [2.75, 3.05) is 18.4 Å². The molecule has 1 aliphatic rings. The van der Waals surface area contributed by atoms with Crippen molar-refractivity contribution in [2.24, 2.45) is 0 Å². The first-order valence-electron chi connectivity index (χ1n) is 7.56. The molecular weight excluding hydrogens is 284 g/mol. The van der Waals surface area contributed by atoms with Gasteiger partial charge >= 0.3 is 6.01 Å². The van der Waals surface area contributed by atoms with Crippen LogP contribution in [0.15, 0.2) is 27.3 Å². The van der Waals surface area contributed by atoms with E-state index in [0.717, 1.165) is 12.8 Å². The molecule has 0 unspecified atom stereocenters. The summed E-state index contributed by atoms with van der Waals surface area (Å²) in [5.41, 5.74) is 0. The zero-order valence-electron chi connectivity index (χ0n) is 12.8. The lowest BCUT2D eigenvalue weighted by molar-refractivity contribution is 0.0686. The van der Waals surface area contributed by atoms with Gasteiger partial charge in [-0.2, -0.15) is 4.98 Å². The van der Waals surface area contributed by atoms with Crippen molar-refractivity contribution < 1.29 is 13.7 Å². The minimum absolute atomic E-state index is 0.0525. The molecule has 2 aromatic heterocycles. The third-order valence-electron chi connectivity index (χ3n) is 3.80. The Morgan fingerprint density at radius 1 is 1.41 bits per heavy atom. The highest BCUT2D eigenvalue weighted by Crippen LogP contribution is 2.19. The summed E-state index contributed by atoms with van der Waals surface area (Å²) in [5, 5.41) is 7.18. The number of piperidine rings is 1. The highest BCUT2D eigenvalue weighted by Gasteiger charge is 2.25. The van der Waals surface area contributed by atoms with Crippen LogP contribution < -0.4 is 5.32 Å². The standard InChI is InChI=1S/C15H20N4O3/c1-10(2)13-17-15(22-18-13)16-11-5-7-19(8-6-11)14(20)12-4-3-9-21-12/h3-4,9-11H,5-8H2,1-2H3,(H,16,17,18). The molecule has 1 N–H and O–H groups in total. The molecule has 3 heterocycles. The summed E-state index contributed by atoms with van der Waals surface area (Å²) in [5.74, 6) is 1.29. The zero-order valence-corrected chi connectivity index (χ0v) is 12.8. The van der Waals surface area contributed by atoms with Gasteiger partial charge in [0.05, 0.1) is 6.26 Å². The van der Waals surface area contributed by atoms with Crippen molar-refractivity contribution in [3.8, 4) is 0 Å². The van der Waals surface area contributed by atoms with Gasteiger partial charge in [-0.15, -0.1) is 0 Å². The summed E-state index contributed by atoms with van der Waals surface area (Å²) in [6.07, 6.45) is 3.20. The van der Waals surface area contributed by atoms with Crippen LogP contribution in [0.5, 0.6) is 0 Å². The second-order valence-electron chi connectivity index (χ2n) is 5.80. The number of nitrogens with zero attached hydrogens (tertiary/aromatic N) is 3. The minimum atomic E-state index is -0.0525. The lowest BCUT2D eigenvalue weighted by atomic mass is 10.1. The number of rotatable bonds is 4. The monoisotopic (exact) mass is 304 g/mol. The van der Waals surface area contributed by atoms with E-state index in [4.69, 9.17) is 8.94 Å². The number of hydrogen-bond acceptors (Lipinski definition) is 6. The first-order chi connectivity index (χ1) is 10.6. The molecule has 2 aromatic rings. The fourth-order valence-electron chi connectivity index (χ4n) is 2.49. The molecule has 0 bridgehead atoms. The van der Waals surface area contributed by atoms with E-state index >= 15 is 0 Å². The lowest BCUT2D eigenvalue weighted by Gasteiger charge is -2.31. The van der Waals surface area contributed by atoms with E-state index in [9.17, 15) is 4.79 Å². The molecule has 0 saturated carbocycles. The smallest absolute Gasteiger partial charge is 0.321 e. The van der Waals surface area contributed by atoms with Gasteiger partial charge in [0.1, 0.15) is 0 Å². The molecule has 118 valence electrons. The number of carbonyl (C=O) groups excluding carboxylic acids is 1. The molecule has 1 saturated heterocycles. The normalized spacial score (nSPS) is 16.2. The summed E-state index contributed by atoms with van der Waals surface area (Å²) >= 11 is 0. The molecule has 0 aliphatic carbocycles. The Labute approximate surface area is 128 Å². The highest BCUT2D eigenvalue weighted by molar-refractivity contribution is 5.91. The molecule has 1 amide bonds. The number of nitrogens with one attached hydrogen (secondary N) is 1. The SMILES string of the molecule is CC(C)c1noc(NC2CCN(C(=O)c3ccco3)CC2)n1. The average Bonchev–Trinajstić information content (AvgIpc) is 3.19.